The predicted molar refractivity (Wildman–Crippen MR) is 108 cm³/mol. The number of rotatable bonds is 8. The highest BCUT2D eigenvalue weighted by molar-refractivity contribution is 5.90. The van der Waals surface area contributed by atoms with Crippen LogP contribution in [0.25, 0.3) is 0 Å². The number of nitrogens with zero attached hydrogens (tertiary/aromatic N) is 1. The maximum absolute atomic E-state index is 12.2. The number of carbonyl (C=O) groups is 1. The number of aromatic nitrogens is 1. The molecular formula is C22H23N3O3. The average molecular weight is 377 g/mol. The van der Waals surface area contributed by atoms with Crippen LogP contribution in [-0.4, -0.2) is 18.1 Å². The van der Waals surface area contributed by atoms with Gasteiger partial charge in [0.1, 0.15) is 12.4 Å². The molecule has 0 aliphatic rings. The van der Waals surface area contributed by atoms with E-state index in [1.165, 1.54) is 0 Å². The van der Waals surface area contributed by atoms with Gasteiger partial charge >= 0.3 is 6.03 Å². The Morgan fingerprint density at radius 1 is 0.964 bits per heavy atom. The molecule has 0 saturated heterocycles. The van der Waals surface area contributed by atoms with Crippen molar-refractivity contribution in [3.63, 3.8) is 0 Å². The largest absolute Gasteiger partial charge is 0.487 e. The number of methoxy groups -OCH3 is 1. The zero-order valence-electron chi connectivity index (χ0n) is 15.7. The van der Waals surface area contributed by atoms with Crippen LogP contribution in [0.3, 0.4) is 0 Å². The molecular weight excluding hydrogens is 354 g/mol. The van der Waals surface area contributed by atoms with Gasteiger partial charge in [-0.15, -0.1) is 0 Å². The minimum Gasteiger partial charge on any atom is -0.487 e. The Labute approximate surface area is 164 Å². The fourth-order valence-electron chi connectivity index (χ4n) is 2.62. The van der Waals surface area contributed by atoms with Gasteiger partial charge in [-0.3, -0.25) is 4.98 Å². The van der Waals surface area contributed by atoms with Crippen LogP contribution < -0.4 is 15.4 Å². The monoisotopic (exact) mass is 377 g/mol. The van der Waals surface area contributed by atoms with Gasteiger partial charge in [-0.2, -0.15) is 0 Å². The van der Waals surface area contributed by atoms with E-state index in [9.17, 15) is 4.79 Å². The van der Waals surface area contributed by atoms with Gasteiger partial charge in [0.2, 0.25) is 0 Å². The topological polar surface area (TPSA) is 72.5 Å². The lowest BCUT2D eigenvalue weighted by Crippen LogP contribution is -2.28. The second-order valence-electron chi connectivity index (χ2n) is 6.15. The third-order valence-electron chi connectivity index (χ3n) is 4.05. The molecule has 144 valence electrons. The van der Waals surface area contributed by atoms with Gasteiger partial charge in [-0.25, -0.2) is 4.79 Å². The number of hydrogen-bond donors (Lipinski definition) is 2. The van der Waals surface area contributed by atoms with Gasteiger partial charge in [-0.05, 0) is 35.9 Å². The number of ether oxygens (including phenoxy) is 2. The summed E-state index contributed by atoms with van der Waals surface area (Å²) in [5.74, 6) is 0.757. The van der Waals surface area contributed by atoms with Crippen molar-refractivity contribution in [2.75, 3.05) is 12.4 Å². The number of carbonyl (C=O) groups excluding carboxylic acids is 1. The first-order chi connectivity index (χ1) is 13.7. The van der Waals surface area contributed by atoms with Crippen LogP contribution in [-0.2, 0) is 24.5 Å². The molecule has 0 fully saturated rings. The molecule has 2 aromatic carbocycles. The van der Waals surface area contributed by atoms with E-state index >= 15 is 0 Å². The molecule has 1 aromatic heterocycles. The molecule has 0 atom stereocenters. The maximum atomic E-state index is 12.2. The maximum Gasteiger partial charge on any atom is 0.319 e. The Morgan fingerprint density at radius 2 is 1.75 bits per heavy atom. The molecule has 0 aliphatic carbocycles. The molecule has 0 saturated carbocycles. The van der Waals surface area contributed by atoms with Crippen molar-refractivity contribution in [1.29, 1.82) is 0 Å². The molecule has 1 heterocycles. The van der Waals surface area contributed by atoms with Crippen molar-refractivity contribution in [3.8, 4) is 5.75 Å². The van der Waals surface area contributed by atoms with Gasteiger partial charge in [-0.1, -0.05) is 36.4 Å². The number of nitrogens with one attached hydrogen (secondary N) is 2. The Bertz CT molecular complexity index is 883. The fourth-order valence-corrected chi connectivity index (χ4v) is 2.62. The molecule has 3 rings (SSSR count). The smallest absolute Gasteiger partial charge is 0.319 e. The third kappa shape index (κ3) is 5.82. The van der Waals surface area contributed by atoms with E-state index in [2.05, 4.69) is 15.6 Å². The van der Waals surface area contributed by atoms with Crippen LogP contribution in [0.5, 0.6) is 5.75 Å². The molecule has 6 nitrogen and oxygen atoms in total. The molecule has 0 spiro atoms. The van der Waals surface area contributed by atoms with Crippen LogP contribution in [0, 0.1) is 0 Å². The Balaban J connectivity index is 1.47. The molecule has 2 N–H and O–H groups in total. The van der Waals surface area contributed by atoms with Crippen LogP contribution in [0.15, 0.2) is 72.9 Å². The fraction of sp³-hybridized carbons (Fsp3) is 0.182. The van der Waals surface area contributed by atoms with E-state index in [4.69, 9.17) is 9.47 Å². The van der Waals surface area contributed by atoms with Gasteiger partial charge in [0, 0.05) is 31.1 Å². The summed E-state index contributed by atoms with van der Waals surface area (Å²) in [6.45, 7) is 1.27. The van der Waals surface area contributed by atoms with Crippen molar-refractivity contribution in [3.05, 3.63) is 89.7 Å². The summed E-state index contributed by atoms with van der Waals surface area (Å²) >= 11 is 0. The lowest BCUT2D eigenvalue weighted by atomic mass is 10.2. The Kier molecular flexibility index (Phi) is 6.98. The van der Waals surface area contributed by atoms with Gasteiger partial charge in [0.25, 0.3) is 0 Å². The van der Waals surface area contributed by atoms with Crippen LogP contribution in [0.4, 0.5) is 10.5 Å². The van der Waals surface area contributed by atoms with E-state index < -0.39 is 0 Å². The van der Waals surface area contributed by atoms with E-state index in [-0.39, 0.29) is 6.03 Å². The number of amides is 2. The molecule has 0 aliphatic heterocycles. The number of anilines is 1. The average Bonchev–Trinajstić information content (AvgIpc) is 2.74. The summed E-state index contributed by atoms with van der Waals surface area (Å²) in [6.07, 6.45) is 1.74. The molecule has 0 radical (unpaired) electrons. The van der Waals surface area contributed by atoms with E-state index in [0.717, 1.165) is 28.3 Å². The van der Waals surface area contributed by atoms with E-state index in [1.807, 2.05) is 66.7 Å². The lowest BCUT2D eigenvalue weighted by molar-refractivity contribution is 0.185. The van der Waals surface area contributed by atoms with E-state index in [0.29, 0.717) is 19.8 Å². The van der Waals surface area contributed by atoms with Gasteiger partial charge in [0.05, 0.1) is 12.3 Å². The van der Waals surface area contributed by atoms with Crippen LogP contribution in [0.2, 0.25) is 0 Å². The predicted octanol–water partition coefficient (Wildman–Crippen LogP) is 4.13. The van der Waals surface area contributed by atoms with E-state index in [1.54, 1.807) is 13.3 Å². The number of hydrogen-bond acceptors (Lipinski definition) is 4. The Morgan fingerprint density at radius 3 is 2.50 bits per heavy atom. The zero-order chi connectivity index (χ0) is 19.6. The summed E-state index contributed by atoms with van der Waals surface area (Å²) in [5.41, 5.74) is 3.51. The number of para-hydroxylation sites is 1. The van der Waals surface area contributed by atoms with Crippen molar-refractivity contribution in [2.45, 2.75) is 19.8 Å². The van der Waals surface area contributed by atoms with Crippen LogP contribution in [0.1, 0.15) is 16.8 Å². The highest BCUT2D eigenvalue weighted by Gasteiger charge is 2.06. The first kappa shape index (κ1) is 19.4. The van der Waals surface area contributed by atoms with Crippen LogP contribution >= 0.6 is 0 Å². The van der Waals surface area contributed by atoms with Crippen molar-refractivity contribution in [2.24, 2.45) is 0 Å². The highest BCUT2D eigenvalue weighted by atomic mass is 16.5. The summed E-state index contributed by atoms with van der Waals surface area (Å²) in [4.78, 5) is 16.4. The van der Waals surface area contributed by atoms with Crippen molar-refractivity contribution >= 4 is 11.7 Å². The summed E-state index contributed by atoms with van der Waals surface area (Å²) in [7, 11) is 1.63. The van der Waals surface area contributed by atoms with Crippen molar-refractivity contribution < 1.29 is 14.3 Å². The minimum atomic E-state index is -0.265. The number of pyridine rings is 1. The minimum absolute atomic E-state index is 0.265. The quantitative estimate of drug-likeness (QED) is 0.619. The molecule has 28 heavy (non-hydrogen) atoms. The number of benzene rings is 2. The first-order valence-electron chi connectivity index (χ1n) is 8.98. The van der Waals surface area contributed by atoms with Gasteiger partial charge < -0.3 is 20.1 Å². The third-order valence-corrected chi connectivity index (χ3v) is 4.05. The highest BCUT2D eigenvalue weighted by Crippen LogP contribution is 2.16. The first-order valence-corrected chi connectivity index (χ1v) is 8.98. The number of urea groups is 1. The zero-order valence-corrected chi connectivity index (χ0v) is 15.7. The molecule has 6 heteroatoms. The molecule has 3 aromatic rings. The molecule has 0 unspecified atom stereocenters. The second kappa shape index (κ2) is 10.1. The summed E-state index contributed by atoms with van der Waals surface area (Å²) < 4.78 is 10.9. The Hall–Kier alpha value is -3.38. The summed E-state index contributed by atoms with van der Waals surface area (Å²) in [5, 5.41) is 5.71. The molecule has 0 bridgehead atoms. The lowest BCUT2D eigenvalue weighted by Gasteiger charge is -2.12. The summed E-state index contributed by atoms with van der Waals surface area (Å²) in [6, 6.07) is 20.6. The standard InChI is InChI=1S/C22H23N3O3/c1-27-15-18-6-2-3-8-21(18)25-22(26)24-14-17-9-11-20(12-10-17)28-16-19-7-4-5-13-23-19/h2-13H,14-16H2,1H3,(H2,24,25,26). The molecule has 2 amide bonds. The normalized spacial score (nSPS) is 10.3. The van der Waals surface area contributed by atoms with Crippen molar-refractivity contribution in [1.82, 2.24) is 10.3 Å². The SMILES string of the molecule is COCc1ccccc1NC(=O)NCc1ccc(OCc2ccccn2)cc1. The second-order valence-corrected chi connectivity index (χ2v) is 6.15. The van der Waals surface area contributed by atoms with Gasteiger partial charge in [0.15, 0.2) is 0 Å².